The lowest BCUT2D eigenvalue weighted by Crippen LogP contribution is -2.11. The zero-order valence-electron chi connectivity index (χ0n) is 21.6. The average Bonchev–Trinajstić information content (AvgIpc) is 3.22. The van der Waals surface area contributed by atoms with Gasteiger partial charge in [-0.15, -0.1) is 11.3 Å². The van der Waals surface area contributed by atoms with Crippen LogP contribution in [0.3, 0.4) is 0 Å². The van der Waals surface area contributed by atoms with Crippen LogP contribution in [0.25, 0.3) is 17.2 Å². The molecule has 0 spiro atoms. The Morgan fingerprint density at radius 1 is 1.03 bits per heavy atom. The van der Waals surface area contributed by atoms with E-state index in [9.17, 15) is 14.0 Å². The second-order valence-electron chi connectivity index (χ2n) is 8.38. The van der Waals surface area contributed by atoms with Crippen LogP contribution in [0.2, 0.25) is 0 Å². The highest BCUT2D eigenvalue weighted by Gasteiger charge is 2.24. The summed E-state index contributed by atoms with van der Waals surface area (Å²) >= 11 is 1.26. The van der Waals surface area contributed by atoms with Crippen LogP contribution in [0, 0.1) is 12.7 Å². The molecule has 0 atom stereocenters. The fourth-order valence-corrected chi connectivity index (χ4v) is 4.90. The Morgan fingerprint density at radius 3 is 2.46 bits per heavy atom. The molecule has 1 heterocycles. The van der Waals surface area contributed by atoms with Gasteiger partial charge in [-0.05, 0) is 54.8 Å². The van der Waals surface area contributed by atoms with Crippen LogP contribution in [0.15, 0.2) is 48.5 Å². The average molecular weight is 526 g/mol. The van der Waals surface area contributed by atoms with Crippen molar-refractivity contribution in [3.63, 3.8) is 0 Å². The predicted molar refractivity (Wildman–Crippen MR) is 146 cm³/mol. The van der Waals surface area contributed by atoms with Crippen LogP contribution in [0.4, 0.5) is 9.39 Å². The Kier molecular flexibility index (Phi) is 10.3. The number of anilines is 1. The summed E-state index contributed by atoms with van der Waals surface area (Å²) in [5.74, 6) is -0.127. The monoisotopic (exact) mass is 525 g/mol. The molecule has 1 N–H and O–H groups in total. The molecule has 0 aliphatic heterocycles. The molecule has 37 heavy (non-hydrogen) atoms. The van der Waals surface area contributed by atoms with E-state index < -0.39 is 11.9 Å². The Morgan fingerprint density at radius 2 is 1.78 bits per heavy atom. The Labute approximate surface area is 221 Å². The number of ether oxygens (including phenoxy) is 3. The number of hydrogen-bond donors (Lipinski definition) is 1. The smallest absolute Gasteiger partial charge is 0.341 e. The Balaban J connectivity index is 1.75. The normalized spacial score (nSPS) is 10.9. The van der Waals surface area contributed by atoms with Gasteiger partial charge < -0.3 is 19.5 Å². The van der Waals surface area contributed by atoms with Crippen LogP contribution < -0.4 is 14.8 Å². The van der Waals surface area contributed by atoms with E-state index in [0.717, 1.165) is 23.3 Å². The maximum Gasteiger partial charge on any atom is 0.341 e. The number of aryl methyl sites for hydroxylation is 1. The quantitative estimate of drug-likeness (QED) is 0.153. The number of carbonyl (C=O) groups excluding carboxylic acids is 2. The molecule has 3 rings (SSSR count). The minimum Gasteiger partial charge on any atom is -0.493 e. The van der Waals surface area contributed by atoms with Gasteiger partial charge in [-0.1, -0.05) is 44.4 Å². The number of methoxy groups -OCH3 is 2. The van der Waals surface area contributed by atoms with Crippen molar-refractivity contribution in [3.8, 4) is 22.6 Å². The van der Waals surface area contributed by atoms with Gasteiger partial charge in [0.1, 0.15) is 16.4 Å². The van der Waals surface area contributed by atoms with Crippen molar-refractivity contribution >= 4 is 34.3 Å². The van der Waals surface area contributed by atoms with Gasteiger partial charge in [-0.3, -0.25) is 4.79 Å². The SMILES string of the molecule is CCCCCCOc1ccc(/C=C/C(=O)Nc2sc(C)c(-c3ccc(F)cc3)c2C(=O)OC)cc1OC. The van der Waals surface area contributed by atoms with Gasteiger partial charge in [0.05, 0.1) is 20.8 Å². The lowest BCUT2D eigenvalue weighted by atomic mass is 10.0. The van der Waals surface area contributed by atoms with Crippen LogP contribution in [-0.4, -0.2) is 32.7 Å². The van der Waals surface area contributed by atoms with Gasteiger partial charge in [0.25, 0.3) is 0 Å². The Hall–Kier alpha value is -3.65. The molecule has 0 saturated carbocycles. The number of esters is 1. The summed E-state index contributed by atoms with van der Waals surface area (Å²) in [5, 5.41) is 3.15. The molecule has 196 valence electrons. The van der Waals surface area contributed by atoms with Crippen molar-refractivity contribution in [2.45, 2.75) is 39.5 Å². The molecule has 8 heteroatoms. The number of thiophene rings is 1. The van der Waals surface area contributed by atoms with E-state index in [4.69, 9.17) is 14.2 Å². The molecular formula is C29H32FNO5S. The highest BCUT2D eigenvalue weighted by atomic mass is 32.1. The number of halogens is 1. The lowest BCUT2D eigenvalue weighted by molar-refractivity contribution is -0.111. The fourth-order valence-electron chi connectivity index (χ4n) is 3.84. The number of nitrogens with one attached hydrogen (secondary N) is 1. The lowest BCUT2D eigenvalue weighted by Gasteiger charge is -2.11. The molecule has 3 aromatic rings. The summed E-state index contributed by atoms with van der Waals surface area (Å²) < 4.78 is 29.7. The Bertz CT molecular complexity index is 1250. The molecule has 0 aliphatic rings. The van der Waals surface area contributed by atoms with Crippen LogP contribution >= 0.6 is 11.3 Å². The maximum absolute atomic E-state index is 13.4. The first kappa shape index (κ1) is 27.9. The summed E-state index contributed by atoms with van der Waals surface area (Å²) in [6.45, 7) is 4.62. The van der Waals surface area contributed by atoms with Crippen molar-refractivity contribution < 1.29 is 28.2 Å². The second kappa shape index (κ2) is 13.6. The first-order chi connectivity index (χ1) is 17.9. The largest absolute Gasteiger partial charge is 0.493 e. The van der Waals surface area contributed by atoms with Gasteiger partial charge in [0.2, 0.25) is 5.91 Å². The van der Waals surface area contributed by atoms with Gasteiger partial charge >= 0.3 is 5.97 Å². The van der Waals surface area contributed by atoms with Crippen molar-refractivity contribution in [1.29, 1.82) is 0 Å². The molecule has 1 aromatic heterocycles. The number of hydrogen-bond acceptors (Lipinski definition) is 6. The zero-order valence-corrected chi connectivity index (χ0v) is 22.4. The molecule has 2 aromatic carbocycles. The van der Waals surface area contributed by atoms with Gasteiger partial charge in [-0.2, -0.15) is 0 Å². The third-order valence-corrected chi connectivity index (χ3v) is 6.73. The van der Waals surface area contributed by atoms with Crippen molar-refractivity contribution in [2.75, 3.05) is 26.1 Å². The van der Waals surface area contributed by atoms with Crippen molar-refractivity contribution in [3.05, 3.63) is 70.4 Å². The van der Waals surface area contributed by atoms with E-state index in [1.54, 1.807) is 31.4 Å². The maximum atomic E-state index is 13.4. The summed E-state index contributed by atoms with van der Waals surface area (Å²) in [6.07, 6.45) is 7.50. The molecule has 0 unspecified atom stereocenters. The summed E-state index contributed by atoms with van der Waals surface area (Å²) in [4.78, 5) is 26.2. The molecule has 0 fully saturated rings. The van der Waals surface area contributed by atoms with Crippen LogP contribution in [0.1, 0.15) is 53.4 Å². The van der Waals surface area contributed by atoms with Gasteiger partial charge in [-0.25, -0.2) is 9.18 Å². The first-order valence-electron chi connectivity index (χ1n) is 12.2. The molecule has 6 nitrogen and oxygen atoms in total. The standard InChI is InChI=1S/C29H32FNO5S/c1-5-6-7-8-17-36-23-15-9-20(18-24(23)34-3)10-16-25(32)31-28-27(29(33)35-4)26(19(2)37-28)21-11-13-22(30)14-12-21/h9-16,18H,5-8,17H2,1-4H3,(H,31,32)/b16-10+. The molecule has 0 radical (unpaired) electrons. The minimum absolute atomic E-state index is 0.237. The minimum atomic E-state index is -0.585. The van der Waals surface area contributed by atoms with E-state index in [0.29, 0.717) is 34.2 Å². The number of amides is 1. The third kappa shape index (κ3) is 7.43. The number of carbonyl (C=O) groups is 2. The van der Waals surface area contributed by atoms with E-state index in [1.165, 1.54) is 49.5 Å². The van der Waals surface area contributed by atoms with Crippen LogP contribution in [0.5, 0.6) is 11.5 Å². The van der Waals surface area contributed by atoms with E-state index in [2.05, 4.69) is 12.2 Å². The topological polar surface area (TPSA) is 73.9 Å². The summed E-state index contributed by atoms with van der Waals surface area (Å²) in [6, 6.07) is 11.3. The summed E-state index contributed by atoms with van der Waals surface area (Å²) in [5.41, 5.74) is 2.26. The highest BCUT2D eigenvalue weighted by Crippen LogP contribution is 2.40. The second-order valence-corrected chi connectivity index (χ2v) is 9.60. The predicted octanol–water partition coefficient (Wildman–Crippen LogP) is 7.27. The zero-order chi connectivity index (χ0) is 26.8. The molecule has 0 aliphatic carbocycles. The molecule has 0 saturated heterocycles. The highest BCUT2D eigenvalue weighted by molar-refractivity contribution is 7.17. The van der Waals surface area contributed by atoms with Gasteiger partial charge in [0.15, 0.2) is 11.5 Å². The van der Waals surface area contributed by atoms with E-state index in [-0.39, 0.29) is 11.4 Å². The van der Waals surface area contributed by atoms with E-state index >= 15 is 0 Å². The summed E-state index contributed by atoms with van der Waals surface area (Å²) in [7, 11) is 2.85. The molecule has 1 amide bonds. The number of rotatable bonds is 12. The van der Waals surface area contributed by atoms with Crippen LogP contribution in [-0.2, 0) is 9.53 Å². The molecular weight excluding hydrogens is 493 g/mol. The van der Waals surface area contributed by atoms with Crippen molar-refractivity contribution in [2.24, 2.45) is 0 Å². The first-order valence-corrected chi connectivity index (χ1v) is 13.0. The fraction of sp³-hybridized carbons (Fsp3) is 0.310. The van der Waals surface area contributed by atoms with Gasteiger partial charge in [0, 0.05) is 16.5 Å². The van der Waals surface area contributed by atoms with Crippen molar-refractivity contribution in [1.82, 2.24) is 0 Å². The molecule has 0 bridgehead atoms. The van der Waals surface area contributed by atoms with E-state index in [1.807, 2.05) is 19.1 Å². The third-order valence-electron chi connectivity index (χ3n) is 5.71. The number of benzene rings is 2. The number of unbranched alkanes of at least 4 members (excludes halogenated alkanes) is 3.